The van der Waals surface area contributed by atoms with Crippen molar-refractivity contribution in [2.24, 2.45) is 5.73 Å². The first kappa shape index (κ1) is 13.0. The van der Waals surface area contributed by atoms with Crippen molar-refractivity contribution in [3.8, 4) is 11.5 Å². The van der Waals surface area contributed by atoms with Crippen LogP contribution in [0.2, 0.25) is 0 Å². The molecule has 2 N–H and O–H groups in total. The van der Waals surface area contributed by atoms with Crippen LogP contribution >= 0.6 is 0 Å². The van der Waals surface area contributed by atoms with Crippen molar-refractivity contribution in [3.63, 3.8) is 0 Å². The lowest BCUT2D eigenvalue weighted by atomic mass is 9.84. The van der Waals surface area contributed by atoms with Crippen molar-refractivity contribution in [1.82, 2.24) is 0 Å². The van der Waals surface area contributed by atoms with Gasteiger partial charge in [0.2, 0.25) is 0 Å². The normalized spacial score (nSPS) is 20.6. The molecular formula is C17H19NO2. The van der Waals surface area contributed by atoms with Gasteiger partial charge in [-0.2, -0.15) is 0 Å². The van der Waals surface area contributed by atoms with E-state index in [1.54, 1.807) is 14.2 Å². The molecule has 0 aromatic heterocycles. The summed E-state index contributed by atoms with van der Waals surface area (Å²) >= 11 is 0. The van der Waals surface area contributed by atoms with Gasteiger partial charge in [0.1, 0.15) is 11.5 Å². The summed E-state index contributed by atoms with van der Waals surface area (Å²) in [6.45, 7) is 0. The monoisotopic (exact) mass is 269 g/mol. The molecule has 1 aliphatic rings. The van der Waals surface area contributed by atoms with E-state index in [0.717, 1.165) is 29.9 Å². The first-order valence-electron chi connectivity index (χ1n) is 6.79. The van der Waals surface area contributed by atoms with Gasteiger partial charge in [0, 0.05) is 11.6 Å². The van der Waals surface area contributed by atoms with Crippen molar-refractivity contribution in [3.05, 3.63) is 59.2 Å². The number of rotatable bonds is 3. The maximum Gasteiger partial charge on any atom is 0.127 e. The van der Waals surface area contributed by atoms with Gasteiger partial charge >= 0.3 is 0 Å². The van der Waals surface area contributed by atoms with Crippen molar-refractivity contribution in [1.29, 1.82) is 0 Å². The molecule has 0 aliphatic heterocycles. The lowest BCUT2D eigenvalue weighted by molar-refractivity contribution is 0.380. The second-order valence-electron chi connectivity index (χ2n) is 5.19. The number of methoxy groups -OCH3 is 2. The molecule has 0 saturated heterocycles. The molecule has 0 amide bonds. The maximum absolute atomic E-state index is 6.74. The largest absolute Gasteiger partial charge is 0.497 e. The SMILES string of the molecule is COc1ccc(C2(N)CCc3ccccc32)c(OC)c1. The average molecular weight is 269 g/mol. The fourth-order valence-corrected chi connectivity index (χ4v) is 3.09. The minimum atomic E-state index is -0.478. The minimum absolute atomic E-state index is 0.478. The van der Waals surface area contributed by atoms with Gasteiger partial charge in [-0.25, -0.2) is 0 Å². The third-order valence-electron chi connectivity index (χ3n) is 4.18. The van der Waals surface area contributed by atoms with Crippen LogP contribution < -0.4 is 15.2 Å². The number of aryl methyl sites for hydroxylation is 1. The fourth-order valence-electron chi connectivity index (χ4n) is 3.09. The highest BCUT2D eigenvalue weighted by Gasteiger charge is 2.38. The van der Waals surface area contributed by atoms with Crippen LogP contribution in [0.15, 0.2) is 42.5 Å². The van der Waals surface area contributed by atoms with Gasteiger partial charge in [-0.05, 0) is 36.1 Å². The van der Waals surface area contributed by atoms with Gasteiger partial charge in [0.15, 0.2) is 0 Å². The summed E-state index contributed by atoms with van der Waals surface area (Å²) < 4.78 is 10.8. The number of fused-ring (bicyclic) bond motifs is 1. The van der Waals surface area contributed by atoms with E-state index in [9.17, 15) is 0 Å². The Morgan fingerprint density at radius 1 is 1.00 bits per heavy atom. The minimum Gasteiger partial charge on any atom is -0.497 e. The molecule has 1 unspecified atom stereocenters. The molecule has 20 heavy (non-hydrogen) atoms. The van der Waals surface area contributed by atoms with Gasteiger partial charge in [-0.1, -0.05) is 24.3 Å². The molecule has 0 saturated carbocycles. The van der Waals surface area contributed by atoms with Gasteiger partial charge in [0.25, 0.3) is 0 Å². The molecule has 0 fully saturated rings. The Bertz CT molecular complexity index is 639. The predicted octanol–water partition coefficient (Wildman–Crippen LogP) is 2.85. The summed E-state index contributed by atoms with van der Waals surface area (Å²) in [6, 6.07) is 14.2. The molecule has 3 heteroatoms. The first-order chi connectivity index (χ1) is 9.69. The van der Waals surface area contributed by atoms with Crippen LogP contribution in [0.1, 0.15) is 23.1 Å². The van der Waals surface area contributed by atoms with Crippen LogP contribution in [0.4, 0.5) is 0 Å². The predicted molar refractivity (Wildman–Crippen MR) is 79.3 cm³/mol. The van der Waals surface area contributed by atoms with Crippen LogP contribution in [-0.2, 0) is 12.0 Å². The van der Waals surface area contributed by atoms with E-state index in [0.29, 0.717) is 0 Å². The van der Waals surface area contributed by atoms with Gasteiger partial charge in [0.05, 0.1) is 19.8 Å². The van der Waals surface area contributed by atoms with Crippen molar-refractivity contribution in [2.75, 3.05) is 14.2 Å². The average Bonchev–Trinajstić information content (AvgIpc) is 2.85. The lowest BCUT2D eigenvalue weighted by Crippen LogP contribution is -2.35. The maximum atomic E-state index is 6.74. The molecule has 1 aliphatic carbocycles. The molecule has 3 rings (SSSR count). The van der Waals surface area contributed by atoms with Crippen molar-refractivity contribution >= 4 is 0 Å². The number of hydrogen-bond acceptors (Lipinski definition) is 3. The Kier molecular flexibility index (Phi) is 3.14. The first-order valence-corrected chi connectivity index (χ1v) is 6.79. The summed E-state index contributed by atoms with van der Waals surface area (Å²) in [5.41, 5.74) is 9.80. The molecule has 0 radical (unpaired) electrons. The Morgan fingerprint density at radius 2 is 1.80 bits per heavy atom. The Balaban J connectivity index is 2.14. The summed E-state index contributed by atoms with van der Waals surface area (Å²) in [4.78, 5) is 0. The summed E-state index contributed by atoms with van der Waals surface area (Å²) in [5.74, 6) is 1.56. The van der Waals surface area contributed by atoms with Crippen molar-refractivity contribution in [2.45, 2.75) is 18.4 Å². The summed E-state index contributed by atoms with van der Waals surface area (Å²) in [6.07, 6.45) is 1.90. The van der Waals surface area contributed by atoms with E-state index in [1.165, 1.54) is 11.1 Å². The van der Waals surface area contributed by atoms with Crippen molar-refractivity contribution < 1.29 is 9.47 Å². The highest BCUT2D eigenvalue weighted by atomic mass is 16.5. The Morgan fingerprint density at radius 3 is 2.55 bits per heavy atom. The second-order valence-corrected chi connectivity index (χ2v) is 5.19. The molecule has 0 heterocycles. The standard InChI is InChI=1S/C17H19NO2/c1-19-13-7-8-15(16(11-13)20-2)17(18)10-9-12-5-3-4-6-14(12)17/h3-8,11H,9-10,18H2,1-2H3. The zero-order chi connectivity index (χ0) is 14.2. The zero-order valence-corrected chi connectivity index (χ0v) is 11.8. The van der Waals surface area contributed by atoms with Gasteiger partial charge in [-0.3, -0.25) is 0 Å². The quantitative estimate of drug-likeness (QED) is 0.932. The topological polar surface area (TPSA) is 44.5 Å². The smallest absolute Gasteiger partial charge is 0.127 e. The molecule has 3 nitrogen and oxygen atoms in total. The highest BCUT2D eigenvalue weighted by Crippen LogP contribution is 2.44. The molecule has 2 aromatic rings. The molecule has 0 bridgehead atoms. The third-order valence-corrected chi connectivity index (χ3v) is 4.18. The van der Waals surface area contributed by atoms with Crippen LogP contribution in [0.3, 0.4) is 0 Å². The molecular weight excluding hydrogens is 250 g/mol. The van der Waals surface area contributed by atoms with E-state index in [-0.39, 0.29) is 0 Å². The van der Waals surface area contributed by atoms with E-state index in [2.05, 4.69) is 18.2 Å². The van der Waals surface area contributed by atoms with Crippen LogP contribution in [0.25, 0.3) is 0 Å². The fraction of sp³-hybridized carbons (Fsp3) is 0.294. The van der Waals surface area contributed by atoms with Gasteiger partial charge in [-0.15, -0.1) is 0 Å². The molecule has 2 aromatic carbocycles. The van der Waals surface area contributed by atoms with E-state index in [1.807, 2.05) is 24.3 Å². The molecule has 1 atom stereocenters. The van der Waals surface area contributed by atoms with E-state index < -0.39 is 5.54 Å². The van der Waals surface area contributed by atoms with Crippen LogP contribution in [0, 0.1) is 0 Å². The van der Waals surface area contributed by atoms with Gasteiger partial charge < -0.3 is 15.2 Å². The Labute approximate surface area is 119 Å². The molecule has 104 valence electrons. The van der Waals surface area contributed by atoms with E-state index in [4.69, 9.17) is 15.2 Å². The number of benzene rings is 2. The number of ether oxygens (including phenoxy) is 2. The number of hydrogen-bond donors (Lipinski definition) is 1. The van der Waals surface area contributed by atoms with Crippen LogP contribution in [0.5, 0.6) is 11.5 Å². The van der Waals surface area contributed by atoms with E-state index >= 15 is 0 Å². The van der Waals surface area contributed by atoms with Crippen LogP contribution in [-0.4, -0.2) is 14.2 Å². The third kappa shape index (κ3) is 1.86. The highest BCUT2D eigenvalue weighted by molar-refractivity contribution is 5.53. The zero-order valence-electron chi connectivity index (χ0n) is 11.8. The molecule has 0 spiro atoms. The summed E-state index contributed by atoms with van der Waals surface area (Å²) in [7, 11) is 3.32. The second kappa shape index (κ2) is 4.84. The Hall–Kier alpha value is -2.00. The lowest BCUT2D eigenvalue weighted by Gasteiger charge is -2.28. The summed E-state index contributed by atoms with van der Waals surface area (Å²) in [5, 5.41) is 0. The number of nitrogens with two attached hydrogens (primary N) is 1.